The molecule has 0 radical (unpaired) electrons. The van der Waals surface area contributed by atoms with Gasteiger partial charge in [-0.1, -0.05) is 0 Å². The Hall–Kier alpha value is -1.10. The number of carbonyl (C=O) groups is 2. The molecule has 0 unspecified atom stereocenters. The van der Waals surface area contributed by atoms with Crippen LogP contribution in [-0.4, -0.2) is 34.2 Å². The second-order valence-electron chi connectivity index (χ2n) is 2.53. The van der Waals surface area contributed by atoms with Crippen LogP contribution < -0.4 is 5.32 Å². The molecular weight excluding hydrogens is 150 g/mol. The topological polar surface area (TPSA) is 86.6 Å². The monoisotopic (exact) mass is 159 g/mol. The molecule has 1 aliphatic rings. The van der Waals surface area contributed by atoms with E-state index < -0.39 is 24.0 Å². The number of aliphatic carboxylic acids is 2. The smallest absolute Gasteiger partial charge is 0.320 e. The summed E-state index contributed by atoms with van der Waals surface area (Å²) in [5.41, 5.74) is 0. The minimum atomic E-state index is -0.978. The van der Waals surface area contributed by atoms with Gasteiger partial charge in [0.1, 0.15) is 12.1 Å². The van der Waals surface area contributed by atoms with E-state index in [1.165, 1.54) is 0 Å². The minimum Gasteiger partial charge on any atom is -0.480 e. The molecule has 11 heavy (non-hydrogen) atoms. The van der Waals surface area contributed by atoms with Gasteiger partial charge in [0.25, 0.3) is 0 Å². The van der Waals surface area contributed by atoms with Gasteiger partial charge in [-0.05, 0) is 12.8 Å². The van der Waals surface area contributed by atoms with Crippen LogP contribution in [0.2, 0.25) is 0 Å². The summed E-state index contributed by atoms with van der Waals surface area (Å²) in [7, 11) is 0. The largest absolute Gasteiger partial charge is 0.480 e. The van der Waals surface area contributed by atoms with E-state index >= 15 is 0 Å². The van der Waals surface area contributed by atoms with Crippen LogP contribution in [0.15, 0.2) is 0 Å². The van der Waals surface area contributed by atoms with Crippen LogP contribution in [0.25, 0.3) is 0 Å². The molecule has 3 N–H and O–H groups in total. The van der Waals surface area contributed by atoms with Gasteiger partial charge in [-0.25, -0.2) is 0 Å². The van der Waals surface area contributed by atoms with Crippen LogP contribution in [0, 0.1) is 0 Å². The molecule has 1 heterocycles. The first kappa shape index (κ1) is 8.00. The Bertz CT molecular complexity index is 171. The molecule has 5 heteroatoms. The molecule has 0 aromatic heterocycles. The summed E-state index contributed by atoms with van der Waals surface area (Å²) in [6, 6.07) is -1.37. The van der Waals surface area contributed by atoms with E-state index in [0.717, 1.165) is 0 Å². The van der Waals surface area contributed by atoms with Crippen molar-refractivity contribution < 1.29 is 19.8 Å². The third-order valence-corrected chi connectivity index (χ3v) is 1.74. The first-order valence-electron chi connectivity index (χ1n) is 3.33. The van der Waals surface area contributed by atoms with E-state index in [-0.39, 0.29) is 0 Å². The highest BCUT2D eigenvalue weighted by atomic mass is 16.4. The Labute approximate surface area is 63.0 Å². The summed E-state index contributed by atoms with van der Waals surface area (Å²) in [6.07, 6.45) is 0.790. The highest BCUT2D eigenvalue weighted by Crippen LogP contribution is 2.12. The normalized spacial score (nSPS) is 30.2. The highest BCUT2D eigenvalue weighted by molar-refractivity contribution is 5.79. The number of nitrogens with one attached hydrogen (secondary N) is 1. The van der Waals surface area contributed by atoms with Crippen LogP contribution in [0.5, 0.6) is 0 Å². The molecule has 5 nitrogen and oxygen atoms in total. The summed E-state index contributed by atoms with van der Waals surface area (Å²) in [4.78, 5) is 20.6. The summed E-state index contributed by atoms with van der Waals surface area (Å²) in [5.74, 6) is -1.96. The maximum atomic E-state index is 10.3. The summed E-state index contributed by atoms with van der Waals surface area (Å²) < 4.78 is 0. The van der Waals surface area contributed by atoms with Gasteiger partial charge in [0.15, 0.2) is 0 Å². The Balaban J connectivity index is 2.47. The first-order chi connectivity index (χ1) is 5.11. The molecule has 1 aliphatic heterocycles. The van der Waals surface area contributed by atoms with Crippen molar-refractivity contribution in [1.29, 1.82) is 0 Å². The van der Waals surface area contributed by atoms with Gasteiger partial charge in [-0.2, -0.15) is 0 Å². The number of carboxylic acids is 2. The van der Waals surface area contributed by atoms with Crippen LogP contribution >= 0.6 is 0 Å². The number of hydrogen-bond donors (Lipinski definition) is 3. The summed E-state index contributed by atoms with van der Waals surface area (Å²) in [5, 5.41) is 19.4. The molecule has 1 saturated heterocycles. The lowest BCUT2D eigenvalue weighted by atomic mass is 10.2. The lowest BCUT2D eigenvalue weighted by Crippen LogP contribution is -2.39. The van der Waals surface area contributed by atoms with Crippen LogP contribution in [0.1, 0.15) is 12.8 Å². The number of hydrogen-bond acceptors (Lipinski definition) is 3. The average Bonchev–Trinajstić information content (AvgIpc) is 2.33. The number of carboxylic acid groups (broad SMARTS) is 2. The van der Waals surface area contributed by atoms with Gasteiger partial charge in [-0.3, -0.25) is 14.9 Å². The lowest BCUT2D eigenvalue weighted by molar-refractivity contribution is -0.140. The molecule has 1 rings (SSSR count). The van der Waals surface area contributed by atoms with Crippen molar-refractivity contribution in [1.82, 2.24) is 5.32 Å². The van der Waals surface area contributed by atoms with E-state index in [1.807, 2.05) is 0 Å². The predicted octanol–water partition coefficient (Wildman–Crippen LogP) is -0.724. The van der Waals surface area contributed by atoms with Crippen molar-refractivity contribution in [2.45, 2.75) is 24.9 Å². The average molecular weight is 159 g/mol. The molecule has 0 aliphatic carbocycles. The zero-order valence-electron chi connectivity index (χ0n) is 5.78. The van der Waals surface area contributed by atoms with Gasteiger partial charge in [0.2, 0.25) is 0 Å². The quantitative estimate of drug-likeness (QED) is 0.494. The minimum absolute atomic E-state index is 0.395. The van der Waals surface area contributed by atoms with Crippen molar-refractivity contribution in [2.75, 3.05) is 0 Å². The van der Waals surface area contributed by atoms with Crippen LogP contribution in [-0.2, 0) is 9.59 Å². The fraction of sp³-hybridized carbons (Fsp3) is 0.667. The van der Waals surface area contributed by atoms with Gasteiger partial charge in [0, 0.05) is 0 Å². The zero-order valence-corrected chi connectivity index (χ0v) is 5.78. The van der Waals surface area contributed by atoms with Crippen molar-refractivity contribution in [3.05, 3.63) is 0 Å². The second kappa shape index (κ2) is 2.87. The second-order valence-corrected chi connectivity index (χ2v) is 2.53. The van der Waals surface area contributed by atoms with E-state index in [0.29, 0.717) is 12.8 Å². The summed E-state index contributed by atoms with van der Waals surface area (Å²) in [6.45, 7) is 0. The van der Waals surface area contributed by atoms with E-state index in [2.05, 4.69) is 5.32 Å². The Morgan fingerprint density at radius 3 is 1.64 bits per heavy atom. The fourth-order valence-electron chi connectivity index (χ4n) is 1.13. The maximum Gasteiger partial charge on any atom is 0.320 e. The standard InChI is InChI=1S/C6H9NO4/c8-5(9)3-1-2-4(7-3)6(10)11/h3-4,7H,1-2H2,(H,8,9)(H,10,11)/t3-,4+. The fourth-order valence-corrected chi connectivity index (χ4v) is 1.13. The maximum absolute atomic E-state index is 10.3. The van der Waals surface area contributed by atoms with Gasteiger partial charge in [0.05, 0.1) is 0 Å². The third-order valence-electron chi connectivity index (χ3n) is 1.74. The summed E-state index contributed by atoms with van der Waals surface area (Å²) >= 11 is 0. The first-order valence-corrected chi connectivity index (χ1v) is 3.33. The van der Waals surface area contributed by atoms with Crippen molar-refractivity contribution >= 4 is 11.9 Å². The predicted molar refractivity (Wildman–Crippen MR) is 35.2 cm³/mol. The number of rotatable bonds is 2. The molecule has 0 spiro atoms. The Kier molecular flexibility index (Phi) is 2.09. The van der Waals surface area contributed by atoms with Gasteiger partial charge < -0.3 is 10.2 Å². The van der Waals surface area contributed by atoms with Gasteiger partial charge in [-0.15, -0.1) is 0 Å². The molecule has 62 valence electrons. The van der Waals surface area contributed by atoms with Crippen molar-refractivity contribution in [3.8, 4) is 0 Å². The van der Waals surface area contributed by atoms with E-state index in [1.54, 1.807) is 0 Å². The molecule has 0 saturated carbocycles. The molecule has 0 amide bonds. The van der Waals surface area contributed by atoms with Crippen LogP contribution in [0.3, 0.4) is 0 Å². The Morgan fingerprint density at radius 1 is 1.09 bits per heavy atom. The van der Waals surface area contributed by atoms with Crippen molar-refractivity contribution in [2.24, 2.45) is 0 Å². The lowest BCUT2D eigenvalue weighted by Gasteiger charge is -2.05. The zero-order chi connectivity index (χ0) is 8.43. The highest BCUT2D eigenvalue weighted by Gasteiger charge is 2.32. The van der Waals surface area contributed by atoms with E-state index in [9.17, 15) is 9.59 Å². The molecular formula is C6H9NO4. The Morgan fingerprint density at radius 2 is 1.45 bits per heavy atom. The molecule has 0 aromatic rings. The third kappa shape index (κ3) is 1.68. The van der Waals surface area contributed by atoms with E-state index in [4.69, 9.17) is 10.2 Å². The molecule has 0 bridgehead atoms. The van der Waals surface area contributed by atoms with Gasteiger partial charge >= 0.3 is 11.9 Å². The van der Waals surface area contributed by atoms with Crippen LogP contribution in [0.4, 0.5) is 0 Å². The molecule has 1 fully saturated rings. The van der Waals surface area contributed by atoms with Crippen molar-refractivity contribution in [3.63, 3.8) is 0 Å². The molecule has 2 atom stereocenters. The molecule has 0 aromatic carbocycles. The SMILES string of the molecule is O=C(O)[C@@H]1CC[C@H](C(=O)O)N1.